The summed E-state index contributed by atoms with van der Waals surface area (Å²) in [7, 11) is -3.09. The van der Waals surface area contributed by atoms with Crippen molar-refractivity contribution in [3.05, 3.63) is 24.4 Å². The van der Waals surface area contributed by atoms with Gasteiger partial charge < -0.3 is 9.47 Å². The summed E-state index contributed by atoms with van der Waals surface area (Å²) in [4.78, 5) is 4.17. The van der Waals surface area contributed by atoms with Crippen LogP contribution in [0.5, 0.6) is 5.88 Å². The number of sulfonamides is 1. The van der Waals surface area contributed by atoms with E-state index in [-0.39, 0.29) is 17.5 Å². The van der Waals surface area contributed by atoms with Crippen LogP contribution in [0.1, 0.15) is 26.2 Å². The van der Waals surface area contributed by atoms with Gasteiger partial charge in [0, 0.05) is 31.8 Å². The van der Waals surface area contributed by atoms with Gasteiger partial charge in [0.25, 0.3) is 0 Å². The van der Waals surface area contributed by atoms with Crippen molar-refractivity contribution in [2.75, 3.05) is 25.4 Å². The average Bonchev–Trinajstić information content (AvgIpc) is 2.91. The topological polar surface area (TPSA) is 68.7 Å². The van der Waals surface area contributed by atoms with E-state index in [2.05, 4.69) is 4.98 Å². The molecule has 7 heteroatoms. The molecule has 3 heterocycles. The summed E-state index contributed by atoms with van der Waals surface area (Å²) < 4.78 is 37.2. The van der Waals surface area contributed by atoms with E-state index in [0.29, 0.717) is 25.6 Å². The quantitative estimate of drug-likeness (QED) is 0.837. The van der Waals surface area contributed by atoms with E-state index in [0.717, 1.165) is 19.3 Å². The second kappa shape index (κ2) is 6.14. The largest absolute Gasteiger partial charge is 0.472 e. The molecule has 2 saturated heterocycles. The molecule has 1 atom stereocenters. The van der Waals surface area contributed by atoms with Crippen LogP contribution in [-0.4, -0.2) is 54.9 Å². The molecule has 0 aromatic carbocycles. The normalized spacial score (nSPS) is 25.4. The minimum atomic E-state index is -3.09. The number of aromatic nitrogens is 1. The first kappa shape index (κ1) is 15.7. The fourth-order valence-electron chi connectivity index (χ4n) is 3.17. The predicted octanol–water partition coefficient (Wildman–Crippen LogP) is 1.43. The SMILES string of the molecule is CCS(=O)(=O)N1CCC2(CC1)C[C@@H](Oc1ccccn1)CO2. The first-order chi connectivity index (χ1) is 10.5. The van der Waals surface area contributed by atoms with Crippen LogP contribution in [-0.2, 0) is 14.8 Å². The van der Waals surface area contributed by atoms with Crippen LogP contribution in [0.3, 0.4) is 0 Å². The second-order valence-electron chi connectivity index (χ2n) is 5.91. The van der Waals surface area contributed by atoms with E-state index in [1.807, 2.05) is 18.2 Å². The van der Waals surface area contributed by atoms with Gasteiger partial charge in [0.2, 0.25) is 15.9 Å². The lowest BCUT2D eigenvalue weighted by Crippen LogP contribution is -2.47. The highest BCUT2D eigenvalue weighted by atomic mass is 32.2. The van der Waals surface area contributed by atoms with Crippen molar-refractivity contribution in [2.45, 2.75) is 37.9 Å². The molecule has 0 radical (unpaired) electrons. The Kier molecular flexibility index (Phi) is 4.38. The summed E-state index contributed by atoms with van der Waals surface area (Å²) >= 11 is 0. The molecule has 2 aliphatic heterocycles. The van der Waals surface area contributed by atoms with Gasteiger partial charge >= 0.3 is 0 Å². The Morgan fingerprint density at radius 1 is 1.41 bits per heavy atom. The number of hydrogen-bond acceptors (Lipinski definition) is 5. The number of piperidine rings is 1. The fourth-order valence-corrected chi connectivity index (χ4v) is 4.27. The van der Waals surface area contributed by atoms with Crippen LogP contribution in [0.15, 0.2) is 24.4 Å². The van der Waals surface area contributed by atoms with Gasteiger partial charge in [0.05, 0.1) is 18.0 Å². The third kappa shape index (κ3) is 3.26. The van der Waals surface area contributed by atoms with Crippen LogP contribution in [0.2, 0.25) is 0 Å². The van der Waals surface area contributed by atoms with Crippen LogP contribution >= 0.6 is 0 Å². The highest BCUT2D eigenvalue weighted by molar-refractivity contribution is 7.89. The molecule has 0 amide bonds. The molecule has 122 valence electrons. The third-order valence-corrected chi connectivity index (χ3v) is 6.37. The molecule has 1 spiro atoms. The van der Waals surface area contributed by atoms with Crippen molar-refractivity contribution in [1.29, 1.82) is 0 Å². The van der Waals surface area contributed by atoms with E-state index >= 15 is 0 Å². The number of hydrogen-bond donors (Lipinski definition) is 0. The zero-order valence-electron chi connectivity index (χ0n) is 12.8. The summed E-state index contributed by atoms with van der Waals surface area (Å²) in [5.41, 5.74) is -0.237. The van der Waals surface area contributed by atoms with Gasteiger partial charge in [-0.05, 0) is 25.8 Å². The molecule has 0 N–H and O–H groups in total. The molecule has 0 unspecified atom stereocenters. The van der Waals surface area contributed by atoms with Crippen LogP contribution < -0.4 is 4.74 Å². The Balaban J connectivity index is 1.57. The fraction of sp³-hybridized carbons (Fsp3) is 0.667. The third-order valence-electron chi connectivity index (χ3n) is 4.49. The molecule has 0 saturated carbocycles. The van der Waals surface area contributed by atoms with Gasteiger partial charge in [-0.2, -0.15) is 0 Å². The van der Waals surface area contributed by atoms with Crippen LogP contribution in [0, 0.1) is 0 Å². The maximum Gasteiger partial charge on any atom is 0.213 e. The highest BCUT2D eigenvalue weighted by Crippen LogP contribution is 2.37. The van der Waals surface area contributed by atoms with Crippen LogP contribution in [0.4, 0.5) is 0 Å². The Morgan fingerprint density at radius 3 is 2.82 bits per heavy atom. The van der Waals surface area contributed by atoms with Crippen molar-refractivity contribution in [3.8, 4) is 5.88 Å². The standard InChI is InChI=1S/C15H22N2O4S/c1-2-22(18,19)17-9-6-15(7-10-17)11-13(12-20-15)21-14-5-3-4-8-16-14/h3-5,8,13H,2,6-7,9-12H2,1H3/t13-/m1/s1. The van der Waals surface area contributed by atoms with Gasteiger partial charge in [0.1, 0.15) is 6.10 Å². The van der Waals surface area contributed by atoms with Gasteiger partial charge in [-0.3, -0.25) is 0 Å². The summed E-state index contributed by atoms with van der Waals surface area (Å²) in [6.45, 7) is 3.29. The van der Waals surface area contributed by atoms with Crippen molar-refractivity contribution in [1.82, 2.24) is 9.29 Å². The summed E-state index contributed by atoms with van der Waals surface area (Å²) in [5.74, 6) is 0.769. The molecule has 1 aromatic heterocycles. The van der Waals surface area contributed by atoms with E-state index in [4.69, 9.17) is 9.47 Å². The predicted molar refractivity (Wildman–Crippen MR) is 82.2 cm³/mol. The molecule has 0 bridgehead atoms. The molecule has 2 aliphatic rings. The Bertz CT molecular complexity index is 597. The molecule has 3 rings (SSSR count). The molecular weight excluding hydrogens is 304 g/mol. The van der Waals surface area contributed by atoms with Crippen LogP contribution in [0.25, 0.3) is 0 Å². The van der Waals surface area contributed by atoms with E-state index in [9.17, 15) is 8.42 Å². The van der Waals surface area contributed by atoms with E-state index in [1.165, 1.54) is 0 Å². The monoisotopic (exact) mass is 326 g/mol. The smallest absolute Gasteiger partial charge is 0.213 e. The van der Waals surface area contributed by atoms with Crippen molar-refractivity contribution in [2.24, 2.45) is 0 Å². The molecule has 2 fully saturated rings. The minimum absolute atomic E-state index is 0.00997. The number of pyridine rings is 1. The highest BCUT2D eigenvalue weighted by Gasteiger charge is 2.45. The summed E-state index contributed by atoms with van der Waals surface area (Å²) in [6.07, 6.45) is 3.95. The summed E-state index contributed by atoms with van der Waals surface area (Å²) in [5, 5.41) is 0. The Labute approximate surface area is 131 Å². The average molecular weight is 326 g/mol. The van der Waals surface area contributed by atoms with Crippen molar-refractivity contribution < 1.29 is 17.9 Å². The lowest BCUT2D eigenvalue weighted by atomic mass is 9.89. The number of ether oxygens (including phenoxy) is 2. The van der Waals surface area contributed by atoms with Crippen molar-refractivity contribution >= 4 is 10.0 Å². The van der Waals surface area contributed by atoms with Gasteiger partial charge in [-0.25, -0.2) is 17.7 Å². The molecule has 0 aliphatic carbocycles. The zero-order chi connectivity index (χ0) is 15.6. The number of rotatable bonds is 4. The lowest BCUT2D eigenvalue weighted by Gasteiger charge is -2.37. The summed E-state index contributed by atoms with van der Waals surface area (Å²) in [6, 6.07) is 5.58. The second-order valence-corrected chi connectivity index (χ2v) is 8.16. The Morgan fingerprint density at radius 2 is 2.18 bits per heavy atom. The first-order valence-corrected chi connectivity index (χ1v) is 9.33. The minimum Gasteiger partial charge on any atom is -0.472 e. The zero-order valence-corrected chi connectivity index (χ0v) is 13.6. The lowest BCUT2D eigenvalue weighted by molar-refractivity contribution is -0.0320. The van der Waals surface area contributed by atoms with Gasteiger partial charge in [-0.1, -0.05) is 6.07 Å². The maximum absolute atomic E-state index is 11.9. The van der Waals surface area contributed by atoms with E-state index < -0.39 is 10.0 Å². The Hall–Kier alpha value is -1.18. The molecular formula is C15H22N2O4S. The maximum atomic E-state index is 11.9. The van der Waals surface area contributed by atoms with Gasteiger partial charge in [-0.15, -0.1) is 0 Å². The first-order valence-electron chi connectivity index (χ1n) is 7.72. The molecule has 6 nitrogen and oxygen atoms in total. The number of nitrogens with zero attached hydrogens (tertiary/aromatic N) is 2. The van der Waals surface area contributed by atoms with Crippen molar-refractivity contribution in [3.63, 3.8) is 0 Å². The molecule has 1 aromatic rings. The van der Waals surface area contributed by atoms with Gasteiger partial charge in [0.15, 0.2) is 0 Å². The molecule has 22 heavy (non-hydrogen) atoms. The van der Waals surface area contributed by atoms with E-state index in [1.54, 1.807) is 17.4 Å².